The summed E-state index contributed by atoms with van der Waals surface area (Å²) < 4.78 is 28.0. The molecule has 15 heavy (non-hydrogen) atoms. The lowest BCUT2D eigenvalue weighted by molar-refractivity contribution is -0.131. The van der Waals surface area contributed by atoms with Gasteiger partial charge in [-0.2, -0.15) is 0 Å². The highest BCUT2D eigenvalue weighted by atomic mass is 32.2. The SMILES string of the molecule is CCS(=O)(=O)c1ccc2c(c1)OC(=O)C2. The van der Waals surface area contributed by atoms with Gasteiger partial charge in [-0.25, -0.2) is 8.42 Å². The van der Waals surface area contributed by atoms with Crippen molar-refractivity contribution in [2.24, 2.45) is 0 Å². The molecule has 0 saturated carbocycles. The number of hydrogen-bond acceptors (Lipinski definition) is 4. The van der Waals surface area contributed by atoms with Crippen molar-refractivity contribution >= 4 is 15.8 Å². The predicted molar refractivity (Wildman–Crippen MR) is 53.5 cm³/mol. The summed E-state index contributed by atoms with van der Waals surface area (Å²) in [6.07, 6.45) is 0.224. The Morgan fingerprint density at radius 1 is 1.40 bits per heavy atom. The van der Waals surface area contributed by atoms with Gasteiger partial charge in [-0.1, -0.05) is 13.0 Å². The lowest BCUT2D eigenvalue weighted by Crippen LogP contribution is -2.03. The van der Waals surface area contributed by atoms with Crippen LogP contribution >= 0.6 is 0 Å². The molecule has 1 heterocycles. The lowest BCUT2D eigenvalue weighted by Gasteiger charge is -2.02. The van der Waals surface area contributed by atoms with Gasteiger partial charge in [0.15, 0.2) is 9.84 Å². The summed E-state index contributed by atoms with van der Waals surface area (Å²) in [5.74, 6) is 0.0743. The number of carbonyl (C=O) groups is 1. The van der Waals surface area contributed by atoms with Crippen LogP contribution in [0.2, 0.25) is 0 Å². The van der Waals surface area contributed by atoms with Crippen LogP contribution in [0, 0.1) is 0 Å². The first-order chi connectivity index (χ1) is 7.03. The topological polar surface area (TPSA) is 60.4 Å². The lowest BCUT2D eigenvalue weighted by atomic mass is 10.2. The van der Waals surface area contributed by atoms with Gasteiger partial charge in [0.05, 0.1) is 17.1 Å². The number of fused-ring (bicyclic) bond motifs is 1. The highest BCUT2D eigenvalue weighted by Gasteiger charge is 2.22. The van der Waals surface area contributed by atoms with Gasteiger partial charge in [0, 0.05) is 5.56 Å². The zero-order valence-electron chi connectivity index (χ0n) is 8.19. The zero-order valence-corrected chi connectivity index (χ0v) is 9.00. The van der Waals surface area contributed by atoms with Crippen LogP contribution in [0.4, 0.5) is 0 Å². The number of rotatable bonds is 2. The molecule has 0 amide bonds. The Morgan fingerprint density at radius 2 is 2.13 bits per heavy atom. The maximum Gasteiger partial charge on any atom is 0.315 e. The van der Waals surface area contributed by atoms with Crippen molar-refractivity contribution in [2.45, 2.75) is 18.2 Å². The summed E-state index contributed by atoms with van der Waals surface area (Å²) in [5, 5.41) is 0. The van der Waals surface area contributed by atoms with E-state index >= 15 is 0 Å². The molecular formula is C10H10O4S. The van der Waals surface area contributed by atoms with Gasteiger partial charge < -0.3 is 4.74 Å². The first-order valence-electron chi connectivity index (χ1n) is 4.59. The summed E-state index contributed by atoms with van der Waals surface area (Å²) in [6.45, 7) is 1.58. The third-order valence-corrected chi connectivity index (χ3v) is 4.07. The Bertz CT molecular complexity index is 516. The number of ether oxygens (including phenoxy) is 1. The van der Waals surface area contributed by atoms with E-state index in [-0.39, 0.29) is 23.0 Å². The molecule has 1 aliphatic rings. The second-order valence-corrected chi connectivity index (χ2v) is 5.60. The monoisotopic (exact) mass is 226 g/mol. The highest BCUT2D eigenvalue weighted by Crippen LogP contribution is 2.28. The van der Waals surface area contributed by atoms with E-state index in [4.69, 9.17) is 4.74 Å². The first-order valence-corrected chi connectivity index (χ1v) is 6.24. The van der Waals surface area contributed by atoms with Gasteiger partial charge in [0.25, 0.3) is 0 Å². The van der Waals surface area contributed by atoms with E-state index in [1.54, 1.807) is 13.0 Å². The Labute approximate surface area is 87.8 Å². The van der Waals surface area contributed by atoms with Crippen LogP contribution in [-0.4, -0.2) is 20.1 Å². The highest BCUT2D eigenvalue weighted by molar-refractivity contribution is 7.91. The zero-order chi connectivity index (χ0) is 11.1. The smallest absolute Gasteiger partial charge is 0.315 e. The van der Waals surface area contributed by atoms with Crippen molar-refractivity contribution in [3.63, 3.8) is 0 Å². The Balaban J connectivity index is 2.48. The molecule has 0 N–H and O–H groups in total. The van der Waals surface area contributed by atoms with Crippen molar-refractivity contribution in [1.82, 2.24) is 0 Å². The van der Waals surface area contributed by atoms with Crippen LogP contribution in [-0.2, 0) is 21.1 Å². The van der Waals surface area contributed by atoms with E-state index in [2.05, 4.69) is 0 Å². The minimum atomic E-state index is -3.23. The van der Waals surface area contributed by atoms with Crippen molar-refractivity contribution in [1.29, 1.82) is 0 Å². The molecule has 0 bridgehead atoms. The molecular weight excluding hydrogens is 216 g/mol. The van der Waals surface area contributed by atoms with Crippen LogP contribution in [0.3, 0.4) is 0 Å². The van der Waals surface area contributed by atoms with Crippen molar-refractivity contribution < 1.29 is 17.9 Å². The van der Waals surface area contributed by atoms with E-state index < -0.39 is 9.84 Å². The second-order valence-electron chi connectivity index (χ2n) is 3.32. The molecule has 0 aromatic heterocycles. The summed E-state index contributed by atoms with van der Waals surface area (Å²) in [4.78, 5) is 11.2. The van der Waals surface area contributed by atoms with Gasteiger partial charge in [0.2, 0.25) is 0 Å². The fourth-order valence-corrected chi connectivity index (χ4v) is 2.35. The maximum absolute atomic E-state index is 11.5. The molecule has 5 heteroatoms. The standard InChI is InChI=1S/C10H10O4S/c1-2-15(12,13)8-4-3-7-5-10(11)14-9(7)6-8/h3-4,6H,2,5H2,1H3. The molecule has 0 atom stereocenters. The molecule has 0 saturated heterocycles. The number of carbonyl (C=O) groups excluding carboxylic acids is 1. The number of benzene rings is 1. The number of hydrogen-bond donors (Lipinski definition) is 0. The quantitative estimate of drug-likeness (QED) is 0.556. The Hall–Kier alpha value is -1.36. The molecule has 0 radical (unpaired) electrons. The van der Waals surface area contributed by atoms with Crippen LogP contribution in [0.5, 0.6) is 5.75 Å². The van der Waals surface area contributed by atoms with E-state index in [1.807, 2.05) is 0 Å². The van der Waals surface area contributed by atoms with Gasteiger partial charge >= 0.3 is 5.97 Å². The van der Waals surface area contributed by atoms with Gasteiger partial charge in [0.1, 0.15) is 5.75 Å². The Kier molecular flexibility index (Phi) is 2.26. The largest absolute Gasteiger partial charge is 0.426 e. The van der Waals surface area contributed by atoms with Gasteiger partial charge in [-0.15, -0.1) is 0 Å². The fraction of sp³-hybridized carbons (Fsp3) is 0.300. The summed E-state index contributed by atoms with van der Waals surface area (Å²) >= 11 is 0. The predicted octanol–water partition coefficient (Wildman–Crippen LogP) is 0.942. The first kappa shape index (κ1) is 10.2. The van der Waals surface area contributed by atoms with Crippen molar-refractivity contribution in [2.75, 3.05) is 5.75 Å². The average Bonchev–Trinajstić information content (AvgIpc) is 2.56. The second kappa shape index (κ2) is 3.34. The molecule has 1 aromatic rings. The summed E-state index contributed by atoms with van der Waals surface area (Å²) in [6, 6.07) is 4.56. The summed E-state index contributed by atoms with van der Waals surface area (Å²) in [7, 11) is -3.23. The number of sulfone groups is 1. The third kappa shape index (κ3) is 1.74. The molecule has 0 unspecified atom stereocenters. The molecule has 0 spiro atoms. The molecule has 4 nitrogen and oxygen atoms in total. The van der Waals surface area contributed by atoms with E-state index in [0.717, 1.165) is 5.56 Å². The Morgan fingerprint density at radius 3 is 2.80 bits per heavy atom. The molecule has 0 aliphatic carbocycles. The van der Waals surface area contributed by atoms with Crippen LogP contribution in [0.25, 0.3) is 0 Å². The van der Waals surface area contributed by atoms with Crippen molar-refractivity contribution in [3.8, 4) is 5.75 Å². The minimum absolute atomic E-state index is 0.0414. The average molecular weight is 226 g/mol. The van der Waals surface area contributed by atoms with Crippen LogP contribution in [0.1, 0.15) is 12.5 Å². The maximum atomic E-state index is 11.5. The van der Waals surface area contributed by atoms with Crippen molar-refractivity contribution in [3.05, 3.63) is 23.8 Å². The van der Waals surface area contributed by atoms with Gasteiger partial charge in [-0.3, -0.25) is 4.79 Å². The molecule has 2 rings (SSSR count). The molecule has 1 aliphatic heterocycles. The minimum Gasteiger partial charge on any atom is -0.426 e. The van der Waals surface area contributed by atoms with E-state index in [9.17, 15) is 13.2 Å². The van der Waals surface area contributed by atoms with E-state index in [1.165, 1.54) is 12.1 Å². The fourth-order valence-electron chi connectivity index (χ4n) is 1.45. The van der Waals surface area contributed by atoms with Crippen LogP contribution in [0.15, 0.2) is 23.1 Å². The third-order valence-electron chi connectivity index (χ3n) is 2.34. The van der Waals surface area contributed by atoms with E-state index in [0.29, 0.717) is 5.75 Å². The number of esters is 1. The van der Waals surface area contributed by atoms with Gasteiger partial charge in [-0.05, 0) is 12.1 Å². The molecule has 1 aromatic carbocycles. The molecule has 0 fully saturated rings. The molecule has 80 valence electrons. The summed E-state index contributed by atoms with van der Waals surface area (Å²) in [5.41, 5.74) is 0.745. The van der Waals surface area contributed by atoms with Crippen LogP contribution < -0.4 is 4.74 Å². The normalized spacial score (nSPS) is 14.9.